The lowest BCUT2D eigenvalue weighted by Crippen LogP contribution is -1.96. The van der Waals surface area contributed by atoms with Gasteiger partial charge in [0.2, 0.25) is 0 Å². The first-order valence-corrected chi connectivity index (χ1v) is 6.44. The number of alkyl halides is 1. The number of nitrogens with zero attached hydrogens (tertiary/aromatic N) is 1. The van der Waals surface area contributed by atoms with E-state index in [1.54, 1.807) is 6.07 Å². The van der Waals surface area contributed by atoms with Crippen LogP contribution in [0.3, 0.4) is 0 Å². The fourth-order valence-corrected chi connectivity index (χ4v) is 2.00. The third kappa shape index (κ3) is 3.22. The van der Waals surface area contributed by atoms with Crippen LogP contribution >= 0.6 is 11.6 Å². The summed E-state index contributed by atoms with van der Waals surface area (Å²) in [6, 6.07) is 8.21. The predicted molar refractivity (Wildman–Crippen MR) is 75.7 cm³/mol. The molecule has 0 unspecified atom stereocenters. The fraction of sp³-hybridized carbons (Fsp3) is 0.143. The molecule has 2 aromatic carbocycles. The molecular weight excluding hydrogens is 301 g/mol. The highest BCUT2D eigenvalue weighted by molar-refractivity contribution is 6.17. The molecule has 0 aromatic heterocycles. The standard InChI is InChI=1S/C14H11ClFNO4/c1-20-14-7-9(17(18)19)5-6-13(14)21-12-4-2-3-11(16)10(12)8-15/h2-7H,8H2,1H3. The Kier molecular flexibility index (Phi) is 4.59. The van der Waals surface area contributed by atoms with Crippen LogP contribution in [0, 0.1) is 15.9 Å². The molecule has 0 fully saturated rings. The quantitative estimate of drug-likeness (QED) is 0.470. The monoisotopic (exact) mass is 311 g/mol. The van der Waals surface area contributed by atoms with Crippen molar-refractivity contribution in [1.29, 1.82) is 0 Å². The summed E-state index contributed by atoms with van der Waals surface area (Å²) in [7, 11) is 1.36. The molecule has 0 spiro atoms. The largest absolute Gasteiger partial charge is 0.493 e. The molecule has 21 heavy (non-hydrogen) atoms. The van der Waals surface area contributed by atoms with Crippen molar-refractivity contribution in [3.63, 3.8) is 0 Å². The van der Waals surface area contributed by atoms with E-state index in [-0.39, 0.29) is 34.4 Å². The van der Waals surface area contributed by atoms with Gasteiger partial charge in [0.15, 0.2) is 11.5 Å². The maximum Gasteiger partial charge on any atom is 0.273 e. The Balaban J connectivity index is 2.40. The van der Waals surface area contributed by atoms with Crippen molar-refractivity contribution in [2.75, 3.05) is 7.11 Å². The minimum absolute atomic E-state index is 0.0582. The molecule has 5 nitrogen and oxygen atoms in total. The summed E-state index contributed by atoms with van der Waals surface area (Å²) >= 11 is 5.70. The minimum atomic E-state index is -0.543. The normalized spacial score (nSPS) is 10.2. The highest BCUT2D eigenvalue weighted by Gasteiger charge is 2.15. The molecule has 0 atom stereocenters. The van der Waals surface area contributed by atoms with Crippen LogP contribution in [0.1, 0.15) is 5.56 Å². The van der Waals surface area contributed by atoms with E-state index in [0.29, 0.717) is 0 Å². The van der Waals surface area contributed by atoms with Crippen molar-refractivity contribution in [3.8, 4) is 17.2 Å². The van der Waals surface area contributed by atoms with E-state index in [0.717, 1.165) is 0 Å². The zero-order chi connectivity index (χ0) is 15.4. The van der Waals surface area contributed by atoms with E-state index in [4.69, 9.17) is 21.1 Å². The molecule has 2 aromatic rings. The Morgan fingerprint density at radius 1 is 1.24 bits per heavy atom. The van der Waals surface area contributed by atoms with Gasteiger partial charge in [0.25, 0.3) is 5.69 Å². The van der Waals surface area contributed by atoms with Crippen molar-refractivity contribution in [2.24, 2.45) is 0 Å². The molecule has 0 heterocycles. The number of hydrogen-bond donors (Lipinski definition) is 0. The van der Waals surface area contributed by atoms with Crippen molar-refractivity contribution in [3.05, 3.63) is 57.9 Å². The molecule has 7 heteroatoms. The summed E-state index contributed by atoms with van der Waals surface area (Å²) in [6.45, 7) is 0. The Morgan fingerprint density at radius 3 is 2.62 bits per heavy atom. The Hall–Kier alpha value is -2.34. The molecule has 0 bridgehead atoms. The zero-order valence-corrected chi connectivity index (χ0v) is 11.8. The third-order valence-electron chi connectivity index (χ3n) is 2.79. The lowest BCUT2D eigenvalue weighted by atomic mass is 10.2. The van der Waals surface area contributed by atoms with Gasteiger partial charge in [-0.15, -0.1) is 11.6 Å². The average Bonchev–Trinajstić information content (AvgIpc) is 2.47. The lowest BCUT2D eigenvalue weighted by Gasteiger charge is -2.12. The second-order valence-corrected chi connectivity index (χ2v) is 4.31. The number of rotatable bonds is 5. The van der Waals surface area contributed by atoms with Crippen molar-refractivity contribution in [2.45, 2.75) is 5.88 Å². The third-order valence-corrected chi connectivity index (χ3v) is 3.05. The number of methoxy groups -OCH3 is 1. The first kappa shape index (κ1) is 15.1. The summed E-state index contributed by atoms with van der Waals surface area (Å²) in [5.74, 6) is 0.103. The van der Waals surface area contributed by atoms with Gasteiger partial charge in [0, 0.05) is 11.6 Å². The molecule has 0 radical (unpaired) electrons. The van der Waals surface area contributed by atoms with Gasteiger partial charge in [-0.2, -0.15) is 0 Å². The van der Waals surface area contributed by atoms with E-state index in [9.17, 15) is 14.5 Å². The number of ether oxygens (including phenoxy) is 2. The molecule has 2 rings (SSSR count). The van der Waals surface area contributed by atoms with Crippen LogP contribution in [0.25, 0.3) is 0 Å². The Bertz CT molecular complexity index is 678. The molecule has 0 amide bonds. The predicted octanol–water partition coefficient (Wildman–Crippen LogP) is 4.27. The molecule has 0 aliphatic heterocycles. The van der Waals surface area contributed by atoms with Gasteiger partial charge in [-0.3, -0.25) is 10.1 Å². The molecule has 110 valence electrons. The van der Waals surface area contributed by atoms with Crippen LogP contribution in [-0.2, 0) is 5.88 Å². The second-order valence-electron chi connectivity index (χ2n) is 4.04. The minimum Gasteiger partial charge on any atom is -0.493 e. The van der Waals surface area contributed by atoms with Gasteiger partial charge >= 0.3 is 0 Å². The first-order chi connectivity index (χ1) is 10.1. The first-order valence-electron chi connectivity index (χ1n) is 5.90. The summed E-state index contributed by atoms with van der Waals surface area (Å²) in [6.07, 6.45) is 0. The molecule has 0 saturated heterocycles. The van der Waals surface area contributed by atoms with Crippen molar-refractivity contribution < 1.29 is 18.8 Å². The number of hydrogen-bond acceptors (Lipinski definition) is 4. The van der Waals surface area contributed by atoms with Gasteiger partial charge in [0.1, 0.15) is 11.6 Å². The van der Waals surface area contributed by atoms with E-state index in [1.807, 2.05) is 0 Å². The maximum absolute atomic E-state index is 13.6. The molecular formula is C14H11ClFNO4. The topological polar surface area (TPSA) is 61.6 Å². The SMILES string of the molecule is COc1cc([N+](=O)[O-])ccc1Oc1cccc(F)c1CCl. The van der Waals surface area contributed by atoms with E-state index in [1.165, 1.54) is 37.4 Å². The van der Waals surface area contributed by atoms with E-state index >= 15 is 0 Å². The zero-order valence-electron chi connectivity index (χ0n) is 11.0. The summed E-state index contributed by atoms with van der Waals surface area (Å²) in [5, 5.41) is 10.7. The highest BCUT2D eigenvalue weighted by Crippen LogP contribution is 2.36. The van der Waals surface area contributed by atoms with Crippen LogP contribution in [0.5, 0.6) is 17.2 Å². The van der Waals surface area contributed by atoms with Gasteiger partial charge in [-0.25, -0.2) is 4.39 Å². The maximum atomic E-state index is 13.6. The number of halogens is 2. The van der Waals surface area contributed by atoms with Gasteiger partial charge in [-0.05, 0) is 18.2 Å². The summed E-state index contributed by atoms with van der Waals surface area (Å²) in [5.41, 5.74) is 0.0792. The average molecular weight is 312 g/mol. The highest BCUT2D eigenvalue weighted by atomic mass is 35.5. The van der Waals surface area contributed by atoms with Crippen LogP contribution < -0.4 is 9.47 Å². The van der Waals surface area contributed by atoms with Crippen molar-refractivity contribution in [1.82, 2.24) is 0 Å². The Morgan fingerprint density at radius 2 is 2.00 bits per heavy atom. The van der Waals surface area contributed by atoms with Crippen molar-refractivity contribution >= 4 is 17.3 Å². The molecule has 0 aliphatic carbocycles. The summed E-state index contributed by atoms with van der Waals surface area (Å²) < 4.78 is 24.2. The van der Waals surface area contributed by atoms with E-state index < -0.39 is 10.7 Å². The van der Waals surface area contributed by atoms with Crippen LogP contribution in [0.4, 0.5) is 10.1 Å². The number of nitro benzene ring substituents is 1. The number of nitro groups is 1. The molecule has 0 saturated carbocycles. The van der Waals surface area contributed by atoms with Gasteiger partial charge in [0.05, 0.1) is 24.0 Å². The number of non-ortho nitro benzene ring substituents is 1. The van der Waals surface area contributed by atoms with E-state index in [2.05, 4.69) is 0 Å². The van der Waals surface area contributed by atoms with Crippen LogP contribution in [0.15, 0.2) is 36.4 Å². The lowest BCUT2D eigenvalue weighted by molar-refractivity contribution is -0.384. The Labute approximate surface area is 125 Å². The second kappa shape index (κ2) is 6.41. The van der Waals surface area contributed by atoms with Crippen LogP contribution in [-0.4, -0.2) is 12.0 Å². The number of benzene rings is 2. The molecule has 0 N–H and O–H groups in total. The van der Waals surface area contributed by atoms with Gasteiger partial charge in [-0.1, -0.05) is 6.07 Å². The summed E-state index contributed by atoms with van der Waals surface area (Å²) in [4.78, 5) is 10.2. The fourth-order valence-electron chi connectivity index (χ4n) is 1.74. The van der Waals surface area contributed by atoms with Crippen LogP contribution in [0.2, 0.25) is 0 Å². The smallest absolute Gasteiger partial charge is 0.273 e. The van der Waals surface area contributed by atoms with Gasteiger partial charge < -0.3 is 9.47 Å². The molecule has 0 aliphatic rings.